The molecule has 1 fully saturated rings. The van der Waals surface area contributed by atoms with E-state index in [0.717, 1.165) is 29.5 Å². The summed E-state index contributed by atoms with van der Waals surface area (Å²) in [4.78, 5) is 4.52. The molecular weight excluding hydrogens is 432 g/mol. The molecule has 0 N–H and O–H groups in total. The van der Waals surface area contributed by atoms with E-state index in [4.69, 9.17) is 23.3 Å². The van der Waals surface area contributed by atoms with E-state index in [0.29, 0.717) is 30.6 Å². The molecule has 0 amide bonds. The van der Waals surface area contributed by atoms with Crippen molar-refractivity contribution in [1.82, 2.24) is 4.98 Å². The summed E-state index contributed by atoms with van der Waals surface area (Å²) in [6, 6.07) is 5.45. The predicted molar refractivity (Wildman–Crippen MR) is 114 cm³/mol. The molecule has 0 aliphatic carbocycles. The number of hydrogen-bond acceptors (Lipinski definition) is 8. The quantitative estimate of drug-likeness (QED) is 0.396. The minimum atomic E-state index is -3.21. The molecule has 0 bridgehead atoms. The van der Waals surface area contributed by atoms with Crippen molar-refractivity contribution >= 4 is 29.1 Å². The Hall–Kier alpha value is -1.09. The molecule has 0 radical (unpaired) electrons. The van der Waals surface area contributed by atoms with Gasteiger partial charge in [0.1, 0.15) is 36.3 Å². The molecule has 30 heavy (non-hydrogen) atoms. The van der Waals surface area contributed by atoms with Gasteiger partial charge in [0.05, 0.1) is 23.4 Å². The molecule has 168 valence electrons. The second-order valence-electron chi connectivity index (χ2n) is 6.86. The third kappa shape index (κ3) is 6.70. The van der Waals surface area contributed by atoms with Crippen LogP contribution in [0.5, 0.6) is 5.75 Å². The summed E-state index contributed by atoms with van der Waals surface area (Å²) < 4.78 is 54.6. The summed E-state index contributed by atoms with van der Waals surface area (Å²) in [7, 11) is -3.21. The van der Waals surface area contributed by atoms with Gasteiger partial charge in [0.2, 0.25) is 0 Å². The summed E-state index contributed by atoms with van der Waals surface area (Å²) in [5.74, 6) is 0.599. The molecule has 1 aromatic heterocycles. The molecule has 3 rings (SSSR count). The highest BCUT2D eigenvalue weighted by molar-refractivity contribution is 7.53. The monoisotopic (exact) mass is 461 g/mol. The molecule has 1 aliphatic heterocycles. The number of benzene rings is 1. The Labute approximate surface area is 180 Å². The van der Waals surface area contributed by atoms with E-state index in [-0.39, 0.29) is 19.1 Å². The van der Waals surface area contributed by atoms with Crippen molar-refractivity contribution in [2.75, 3.05) is 33.1 Å². The first-order valence-corrected chi connectivity index (χ1v) is 12.8. The van der Waals surface area contributed by atoms with Crippen molar-refractivity contribution < 1.29 is 32.2 Å². The molecule has 2 unspecified atom stereocenters. The molecule has 0 saturated carbocycles. The Balaban J connectivity index is 1.61. The normalized spacial score (nSPS) is 18.6. The lowest BCUT2D eigenvalue weighted by molar-refractivity contribution is -0.195. The van der Waals surface area contributed by atoms with Gasteiger partial charge in [0, 0.05) is 6.61 Å². The number of aromatic nitrogens is 1. The third-order valence-corrected chi connectivity index (χ3v) is 7.70. The summed E-state index contributed by atoms with van der Waals surface area (Å²) in [6.07, 6.45) is 1.90. The Morgan fingerprint density at radius 1 is 1.30 bits per heavy atom. The molecule has 2 aromatic rings. The van der Waals surface area contributed by atoms with E-state index < -0.39 is 20.4 Å². The largest absolute Gasteiger partial charge is 0.491 e. The molecule has 1 aromatic carbocycles. The van der Waals surface area contributed by atoms with Gasteiger partial charge in [-0.05, 0) is 51.3 Å². The molecule has 7 nitrogen and oxygen atoms in total. The summed E-state index contributed by atoms with van der Waals surface area (Å²) in [5.41, 5.74) is 0.774. The van der Waals surface area contributed by atoms with Crippen LogP contribution in [-0.2, 0) is 29.2 Å². The van der Waals surface area contributed by atoms with Crippen molar-refractivity contribution in [1.29, 1.82) is 0 Å². The average molecular weight is 461 g/mol. The lowest BCUT2D eigenvalue weighted by Crippen LogP contribution is -2.32. The number of halogens is 1. The Morgan fingerprint density at radius 3 is 2.77 bits per heavy atom. The van der Waals surface area contributed by atoms with Crippen molar-refractivity contribution in [3.05, 3.63) is 23.2 Å². The first-order valence-electron chi connectivity index (χ1n) is 10.3. The zero-order valence-corrected chi connectivity index (χ0v) is 19.1. The minimum Gasteiger partial charge on any atom is -0.491 e. The van der Waals surface area contributed by atoms with Gasteiger partial charge in [0.25, 0.3) is 0 Å². The Bertz CT molecular complexity index is 834. The van der Waals surface area contributed by atoms with Crippen LogP contribution in [0.15, 0.2) is 18.2 Å². The highest BCUT2D eigenvalue weighted by Crippen LogP contribution is 2.52. The Kier molecular flexibility index (Phi) is 9.04. The molecule has 2 heterocycles. The van der Waals surface area contributed by atoms with E-state index in [1.54, 1.807) is 19.9 Å². The lowest BCUT2D eigenvalue weighted by Gasteiger charge is -2.26. The van der Waals surface area contributed by atoms with Crippen LogP contribution in [0.3, 0.4) is 0 Å². The number of alkyl halides is 1. The molecular formula is C20H29FNO6PS. The Morgan fingerprint density at radius 2 is 2.10 bits per heavy atom. The molecule has 0 spiro atoms. The van der Waals surface area contributed by atoms with E-state index in [1.807, 2.05) is 12.1 Å². The molecule has 1 saturated heterocycles. The predicted octanol–water partition coefficient (Wildman–Crippen LogP) is 5.32. The van der Waals surface area contributed by atoms with Gasteiger partial charge in [-0.25, -0.2) is 9.37 Å². The topological polar surface area (TPSA) is 76.1 Å². The summed E-state index contributed by atoms with van der Waals surface area (Å²) in [6.45, 7) is 4.28. The van der Waals surface area contributed by atoms with Gasteiger partial charge >= 0.3 is 7.60 Å². The number of nitrogens with zero attached hydrogens (tertiary/aromatic N) is 1. The third-order valence-electron chi connectivity index (χ3n) is 4.47. The van der Waals surface area contributed by atoms with Crippen molar-refractivity contribution in [2.24, 2.45) is 0 Å². The summed E-state index contributed by atoms with van der Waals surface area (Å²) in [5, 5.41) is 0.673. The van der Waals surface area contributed by atoms with Gasteiger partial charge in [-0.2, -0.15) is 0 Å². The fraction of sp³-hybridized carbons (Fsp3) is 0.650. The van der Waals surface area contributed by atoms with Gasteiger partial charge in [0.15, 0.2) is 6.29 Å². The summed E-state index contributed by atoms with van der Waals surface area (Å²) >= 11 is 1.41. The number of fused-ring (bicyclic) bond motifs is 1. The van der Waals surface area contributed by atoms with E-state index in [2.05, 4.69) is 4.98 Å². The fourth-order valence-electron chi connectivity index (χ4n) is 3.14. The van der Waals surface area contributed by atoms with Crippen LogP contribution in [0.2, 0.25) is 0 Å². The number of hydrogen-bond donors (Lipinski definition) is 0. The van der Waals surface area contributed by atoms with Crippen molar-refractivity contribution in [3.8, 4) is 5.75 Å². The maximum Gasteiger partial charge on any atom is 0.337 e. The second-order valence-corrected chi connectivity index (χ2v) is 10.0. The highest BCUT2D eigenvalue weighted by atomic mass is 32.1. The number of rotatable bonds is 12. The molecule has 1 aliphatic rings. The average Bonchev–Trinajstić information content (AvgIpc) is 3.13. The maximum absolute atomic E-state index is 13.3. The SMILES string of the molecule is CCOP(=O)(Cc1nc2ccc(OCC(CF)OC3CCCCO3)cc2s1)OCC. The number of thiazole rings is 1. The first kappa shape index (κ1) is 23.6. The van der Waals surface area contributed by atoms with E-state index in [1.165, 1.54) is 11.3 Å². The maximum atomic E-state index is 13.3. The zero-order valence-electron chi connectivity index (χ0n) is 17.4. The van der Waals surface area contributed by atoms with Gasteiger partial charge in [-0.1, -0.05) is 0 Å². The van der Waals surface area contributed by atoms with E-state index >= 15 is 0 Å². The van der Waals surface area contributed by atoms with E-state index in [9.17, 15) is 8.96 Å². The fourth-order valence-corrected chi connectivity index (χ4v) is 6.11. The van der Waals surface area contributed by atoms with Crippen molar-refractivity contribution in [2.45, 2.75) is 51.7 Å². The van der Waals surface area contributed by atoms with Crippen LogP contribution in [0.4, 0.5) is 4.39 Å². The molecule has 2 atom stereocenters. The molecule has 10 heteroatoms. The van der Waals surface area contributed by atoms with Gasteiger partial charge in [-0.15, -0.1) is 11.3 Å². The van der Waals surface area contributed by atoms with Gasteiger partial charge < -0.3 is 23.3 Å². The lowest BCUT2D eigenvalue weighted by atomic mass is 10.2. The van der Waals surface area contributed by atoms with Crippen LogP contribution in [0.25, 0.3) is 10.2 Å². The van der Waals surface area contributed by atoms with Crippen LogP contribution < -0.4 is 4.74 Å². The van der Waals surface area contributed by atoms with Crippen LogP contribution >= 0.6 is 18.9 Å². The minimum absolute atomic E-state index is 0.0947. The standard InChI is InChI=1S/C20H29FNO6PS/c1-3-26-29(23,27-4-2)14-19-22-17-9-8-15(11-18(17)30-19)25-13-16(12-21)28-20-7-5-6-10-24-20/h8-9,11,16,20H,3-7,10,12-14H2,1-2H3. The first-order chi connectivity index (χ1) is 14.5. The van der Waals surface area contributed by atoms with Gasteiger partial charge in [-0.3, -0.25) is 4.57 Å². The zero-order chi connectivity index (χ0) is 21.4. The smallest absolute Gasteiger partial charge is 0.337 e. The van der Waals surface area contributed by atoms with Crippen LogP contribution in [-0.4, -0.2) is 50.5 Å². The number of ether oxygens (including phenoxy) is 3. The second kappa shape index (κ2) is 11.5. The van der Waals surface area contributed by atoms with Crippen LogP contribution in [0, 0.1) is 0 Å². The van der Waals surface area contributed by atoms with Crippen molar-refractivity contribution in [3.63, 3.8) is 0 Å². The van der Waals surface area contributed by atoms with Crippen LogP contribution in [0.1, 0.15) is 38.1 Å². The highest BCUT2D eigenvalue weighted by Gasteiger charge is 2.26.